The maximum atomic E-state index is 11.2. The van der Waals surface area contributed by atoms with Crippen molar-refractivity contribution in [3.05, 3.63) is 28.7 Å². The fourth-order valence-corrected chi connectivity index (χ4v) is 1.20. The van der Waals surface area contributed by atoms with E-state index in [4.69, 9.17) is 0 Å². The van der Waals surface area contributed by atoms with E-state index in [1.165, 1.54) is 10.7 Å². The summed E-state index contributed by atoms with van der Waals surface area (Å²) in [7, 11) is 0. The van der Waals surface area contributed by atoms with Gasteiger partial charge in [0.05, 0.1) is 6.54 Å². The molecule has 0 aromatic carbocycles. The zero-order valence-electron chi connectivity index (χ0n) is 8.03. The first-order valence-corrected chi connectivity index (χ1v) is 4.49. The highest BCUT2D eigenvalue weighted by molar-refractivity contribution is 4.85. The van der Waals surface area contributed by atoms with Gasteiger partial charge in [-0.15, -0.1) is 0 Å². The van der Waals surface area contributed by atoms with Crippen LogP contribution in [0.5, 0.6) is 0 Å². The minimum Gasteiger partial charge on any atom is -0.313 e. The molecule has 1 aromatic rings. The molecule has 0 radical (unpaired) electrons. The molecule has 1 heterocycles. The van der Waals surface area contributed by atoms with Gasteiger partial charge in [-0.2, -0.15) is 5.10 Å². The molecule has 0 aliphatic carbocycles. The minimum atomic E-state index is -0.0488. The van der Waals surface area contributed by atoms with Gasteiger partial charge < -0.3 is 5.32 Å². The van der Waals surface area contributed by atoms with Gasteiger partial charge in [-0.05, 0) is 19.5 Å². The summed E-state index contributed by atoms with van der Waals surface area (Å²) >= 11 is 0. The summed E-state index contributed by atoms with van der Waals surface area (Å²) in [6.07, 6.45) is 1.63. The maximum absolute atomic E-state index is 11.2. The summed E-state index contributed by atoms with van der Waals surface area (Å²) in [4.78, 5) is 11.2. The highest BCUT2D eigenvalue weighted by Gasteiger charge is 2.02. The molecular weight excluding hydrogens is 166 g/mol. The Morgan fingerprint density at radius 2 is 2.46 bits per heavy atom. The predicted molar refractivity (Wildman–Crippen MR) is 51.6 cm³/mol. The van der Waals surface area contributed by atoms with Crippen molar-refractivity contribution in [3.8, 4) is 0 Å². The summed E-state index contributed by atoms with van der Waals surface area (Å²) in [6.45, 7) is 5.60. The van der Waals surface area contributed by atoms with Crippen LogP contribution in [-0.2, 0) is 6.54 Å². The Balaban J connectivity index is 2.63. The zero-order chi connectivity index (χ0) is 9.68. The summed E-state index contributed by atoms with van der Waals surface area (Å²) in [6, 6.07) is 3.44. The Morgan fingerprint density at radius 1 is 1.69 bits per heavy atom. The van der Waals surface area contributed by atoms with Crippen LogP contribution in [0, 0.1) is 0 Å². The van der Waals surface area contributed by atoms with Crippen molar-refractivity contribution >= 4 is 0 Å². The summed E-state index contributed by atoms with van der Waals surface area (Å²) in [5, 5.41) is 7.19. The molecule has 4 heteroatoms. The van der Waals surface area contributed by atoms with Crippen LogP contribution in [-0.4, -0.2) is 22.4 Å². The van der Waals surface area contributed by atoms with E-state index < -0.39 is 0 Å². The molecule has 0 fully saturated rings. The third kappa shape index (κ3) is 2.99. The van der Waals surface area contributed by atoms with Crippen molar-refractivity contribution in [2.45, 2.75) is 26.4 Å². The van der Waals surface area contributed by atoms with Gasteiger partial charge in [0.15, 0.2) is 0 Å². The lowest BCUT2D eigenvalue weighted by atomic mass is 10.3. The molecule has 0 bridgehead atoms. The molecular formula is C9H15N3O. The largest absolute Gasteiger partial charge is 0.313 e. The van der Waals surface area contributed by atoms with Crippen LogP contribution in [0.4, 0.5) is 0 Å². The topological polar surface area (TPSA) is 46.9 Å². The smallest absolute Gasteiger partial charge is 0.266 e. The van der Waals surface area contributed by atoms with E-state index in [0.29, 0.717) is 6.54 Å². The number of aromatic nitrogens is 2. The Labute approximate surface area is 77.6 Å². The van der Waals surface area contributed by atoms with E-state index in [2.05, 4.69) is 10.4 Å². The second kappa shape index (κ2) is 4.77. The van der Waals surface area contributed by atoms with E-state index in [1.54, 1.807) is 12.3 Å². The van der Waals surface area contributed by atoms with E-state index in [9.17, 15) is 4.79 Å². The van der Waals surface area contributed by atoms with Crippen molar-refractivity contribution in [1.29, 1.82) is 0 Å². The Hall–Kier alpha value is -1.16. The lowest BCUT2D eigenvalue weighted by molar-refractivity contribution is 0.447. The van der Waals surface area contributed by atoms with Crippen LogP contribution in [0.3, 0.4) is 0 Å². The normalized spacial score (nSPS) is 12.8. The van der Waals surface area contributed by atoms with E-state index in [-0.39, 0.29) is 11.6 Å². The average molecular weight is 181 g/mol. The number of hydrogen-bond acceptors (Lipinski definition) is 3. The van der Waals surface area contributed by atoms with Crippen molar-refractivity contribution < 1.29 is 0 Å². The first kappa shape index (κ1) is 9.92. The molecule has 0 spiro atoms. The minimum absolute atomic E-state index is 0.0488. The van der Waals surface area contributed by atoms with Gasteiger partial charge in [-0.25, -0.2) is 4.68 Å². The highest BCUT2D eigenvalue weighted by Crippen LogP contribution is 1.84. The molecule has 1 aromatic heterocycles. The van der Waals surface area contributed by atoms with Gasteiger partial charge in [0, 0.05) is 18.3 Å². The van der Waals surface area contributed by atoms with E-state index in [0.717, 1.165) is 6.54 Å². The zero-order valence-corrected chi connectivity index (χ0v) is 8.03. The van der Waals surface area contributed by atoms with Crippen molar-refractivity contribution in [2.24, 2.45) is 0 Å². The van der Waals surface area contributed by atoms with Crippen LogP contribution in [0.1, 0.15) is 13.8 Å². The maximum Gasteiger partial charge on any atom is 0.266 e. The fourth-order valence-electron chi connectivity index (χ4n) is 1.20. The Morgan fingerprint density at radius 3 is 3.08 bits per heavy atom. The second-order valence-corrected chi connectivity index (χ2v) is 3.00. The van der Waals surface area contributed by atoms with E-state index in [1.807, 2.05) is 13.8 Å². The number of nitrogens with zero attached hydrogens (tertiary/aromatic N) is 2. The Kier molecular flexibility index (Phi) is 3.64. The van der Waals surface area contributed by atoms with Gasteiger partial charge in [0.2, 0.25) is 0 Å². The van der Waals surface area contributed by atoms with Crippen LogP contribution in [0.2, 0.25) is 0 Å². The number of likely N-dealkylation sites (N-methyl/N-ethyl adjacent to an activating group) is 1. The lowest BCUT2D eigenvalue weighted by Crippen LogP contribution is -2.35. The monoisotopic (exact) mass is 181 g/mol. The van der Waals surface area contributed by atoms with Crippen molar-refractivity contribution in [2.75, 3.05) is 6.54 Å². The van der Waals surface area contributed by atoms with Crippen LogP contribution in [0.25, 0.3) is 0 Å². The fraction of sp³-hybridized carbons (Fsp3) is 0.556. The van der Waals surface area contributed by atoms with Gasteiger partial charge in [-0.1, -0.05) is 6.92 Å². The number of hydrogen-bond donors (Lipinski definition) is 1. The molecule has 13 heavy (non-hydrogen) atoms. The summed E-state index contributed by atoms with van der Waals surface area (Å²) in [5.41, 5.74) is -0.0488. The SMILES string of the molecule is CCNC(C)Cn1ncccc1=O. The summed E-state index contributed by atoms with van der Waals surface area (Å²) < 4.78 is 1.47. The number of nitrogens with one attached hydrogen (secondary N) is 1. The quantitative estimate of drug-likeness (QED) is 0.724. The molecule has 0 amide bonds. The predicted octanol–water partition coefficient (Wildman–Crippen LogP) is 0.241. The Bertz CT molecular complexity index is 308. The second-order valence-electron chi connectivity index (χ2n) is 3.00. The molecule has 0 aliphatic rings. The van der Waals surface area contributed by atoms with Crippen LogP contribution >= 0.6 is 0 Å². The number of rotatable bonds is 4. The summed E-state index contributed by atoms with van der Waals surface area (Å²) in [5.74, 6) is 0. The van der Waals surface area contributed by atoms with E-state index >= 15 is 0 Å². The standard InChI is InChI=1S/C9H15N3O/c1-3-10-8(2)7-12-9(13)5-4-6-11-12/h4-6,8,10H,3,7H2,1-2H3. The molecule has 4 nitrogen and oxygen atoms in total. The first-order chi connectivity index (χ1) is 6.24. The third-order valence-corrected chi connectivity index (χ3v) is 1.78. The van der Waals surface area contributed by atoms with Gasteiger partial charge >= 0.3 is 0 Å². The third-order valence-electron chi connectivity index (χ3n) is 1.78. The van der Waals surface area contributed by atoms with Crippen molar-refractivity contribution in [3.63, 3.8) is 0 Å². The first-order valence-electron chi connectivity index (χ1n) is 4.49. The molecule has 0 aliphatic heterocycles. The molecule has 1 atom stereocenters. The molecule has 1 N–H and O–H groups in total. The molecule has 0 saturated heterocycles. The van der Waals surface area contributed by atoms with Crippen LogP contribution in [0.15, 0.2) is 23.1 Å². The highest BCUT2D eigenvalue weighted by atomic mass is 16.1. The lowest BCUT2D eigenvalue weighted by Gasteiger charge is -2.12. The molecule has 1 rings (SSSR count). The molecule has 0 saturated carbocycles. The molecule has 1 unspecified atom stereocenters. The van der Waals surface area contributed by atoms with Gasteiger partial charge in [0.25, 0.3) is 5.56 Å². The van der Waals surface area contributed by atoms with Gasteiger partial charge in [-0.3, -0.25) is 4.79 Å². The van der Waals surface area contributed by atoms with Gasteiger partial charge in [0.1, 0.15) is 0 Å². The average Bonchev–Trinajstić information content (AvgIpc) is 2.09. The molecule has 72 valence electrons. The van der Waals surface area contributed by atoms with Crippen molar-refractivity contribution in [1.82, 2.24) is 15.1 Å². The van der Waals surface area contributed by atoms with Crippen LogP contribution < -0.4 is 10.9 Å².